The molecule has 0 spiro atoms. The van der Waals surface area contributed by atoms with Gasteiger partial charge in [-0.25, -0.2) is 0 Å². The molecular formula is C73H127NO8. The zero-order valence-electron chi connectivity index (χ0n) is 52.7. The van der Waals surface area contributed by atoms with Crippen molar-refractivity contribution in [1.82, 2.24) is 5.32 Å². The highest BCUT2D eigenvalue weighted by atomic mass is 16.7. The van der Waals surface area contributed by atoms with E-state index in [4.69, 9.17) is 9.47 Å². The fourth-order valence-corrected chi connectivity index (χ4v) is 10.3. The number of nitrogens with one attached hydrogen (secondary N) is 1. The van der Waals surface area contributed by atoms with Crippen molar-refractivity contribution in [2.45, 2.75) is 333 Å². The van der Waals surface area contributed by atoms with Crippen molar-refractivity contribution in [2.75, 3.05) is 13.2 Å². The summed E-state index contributed by atoms with van der Waals surface area (Å²) >= 11 is 0. The molecule has 7 atom stereocenters. The van der Waals surface area contributed by atoms with Crippen LogP contribution in [0.4, 0.5) is 0 Å². The maximum Gasteiger partial charge on any atom is 0.220 e. The topological polar surface area (TPSA) is 149 Å². The van der Waals surface area contributed by atoms with Crippen molar-refractivity contribution in [3.05, 3.63) is 109 Å². The van der Waals surface area contributed by atoms with Gasteiger partial charge in [-0.3, -0.25) is 4.79 Å². The second-order valence-electron chi connectivity index (χ2n) is 23.2. The molecular weight excluding hydrogens is 1020 g/mol. The van der Waals surface area contributed by atoms with E-state index in [1.165, 1.54) is 148 Å². The van der Waals surface area contributed by atoms with Gasteiger partial charge in [-0.2, -0.15) is 0 Å². The Bertz CT molecular complexity index is 1660. The summed E-state index contributed by atoms with van der Waals surface area (Å²) in [7, 11) is 0. The van der Waals surface area contributed by atoms with Gasteiger partial charge < -0.3 is 40.3 Å². The highest BCUT2D eigenvalue weighted by Gasteiger charge is 2.44. The minimum absolute atomic E-state index is 0.152. The number of aliphatic hydroxyl groups excluding tert-OH is 5. The van der Waals surface area contributed by atoms with Crippen LogP contribution in [-0.4, -0.2) is 87.5 Å². The predicted octanol–water partition coefficient (Wildman–Crippen LogP) is 18.5. The second kappa shape index (κ2) is 61.0. The quantitative estimate of drug-likeness (QED) is 0.0261. The molecule has 9 nitrogen and oxygen atoms in total. The van der Waals surface area contributed by atoms with Gasteiger partial charge in [-0.15, -0.1) is 0 Å². The SMILES string of the molecule is CC/C=C\C/C=C\C/C=C\C/C=C\C/C=C\C/C=C\C/C=C\C/C=C\C/C=C\CCCCCCCC(=O)NC(COC1OC(CO)C(O)C(O)C1O)C(O)CCCCCCCCCCCCCCCCCCCCCCCCCCCC. The lowest BCUT2D eigenvalue weighted by atomic mass is 9.99. The summed E-state index contributed by atoms with van der Waals surface area (Å²) in [5.41, 5.74) is 0. The number of unbranched alkanes of at least 4 members (excludes halogenated alkanes) is 30. The van der Waals surface area contributed by atoms with Gasteiger partial charge in [0.15, 0.2) is 6.29 Å². The van der Waals surface area contributed by atoms with Crippen molar-refractivity contribution in [2.24, 2.45) is 0 Å². The van der Waals surface area contributed by atoms with Crippen LogP contribution in [0.1, 0.15) is 290 Å². The van der Waals surface area contributed by atoms with E-state index in [0.717, 1.165) is 116 Å². The van der Waals surface area contributed by atoms with E-state index in [9.17, 15) is 30.3 Å². The summed E-state index contributed by atoms with van der Waals surface area (Å²) in [4.78, 5) is 13.1. The lowest BCUT2D eigenvalue weighted by molar-refractivity contribution is -0.302. The molecule has 1 heterocycles. The summed E-state index contributed by atoms with van der Waals surface area (Å²) < 4.78 is 11.4. The van der Waals surface area contributed by atoms with Crippen molar-refractivity contribution in [3.8, 4) is 0 Å². The number of aliphatic hydroxyl groups is 5. The van der Waals surface area contributed by atoms with Crippen LogP contribution in [-0.2, 0) is 14.3 Å². The Kier molecular flexibility index (Phi) is 57.1. The molecule has 0 aromatic heterocycles. The smallest absolute Gasteiger partial charge is 0.220 e. The zero-order valence-corrected chi connectivity index (χ0v) is 52.7. The number of amides is 1. The number of carbonyl (C=O) groups is 1. The lowest BCUT2D eigenvalue weighted by Gasteiger charge is -2.40. The summed E-state index contributed by atoms with van der Waals surface area (Å²) in [5, 5.41) is 54.9. The molecule has 0 radical (unpaired) electrons. The van der Waals surface area contributed by atoms with Crippen LogP contribution in [0.2, 0.25) is 0 Å². The molecule has 9 heteroatoms. The van der Waals surface area contributed by atoms with Crippen molar-refractivity contribution in [1.29, 1.82) is 0 Å². The number of ether oxygens (including phenoxy) is 2. The lowest BCUT2D eigenvalue weighted by Crippen LogP contribution is -2.60. The monoisotopic (exact) mass is 1150 g/mol. The number of carbonyl (C=O) groups excluding carboxylic acids is 1. The highest BCUT2D eigenvalue weighted by molar-refractivity contribution is 5.76. The van der Waals surface area contributed by atoms with Gasteiger partial charge in [-0.05, 0) is 83.5 Å². The standard InChI is InChI=1S/C73H127NO8/c1-3-5-7-9-11-13-15-17-19-21-23-25-27-29-31-32-33-34-35-36-37-39-41-43-45-47-49-51-53-55-57-59-61-63-69(77)74-66(65-81-73-72(80)71(79)70(78)68(64-75)82-73)67(76)62-60-58-56-54-52-50-48-46-44-42-40-38-30-28-26-24-22-20-18-16-14-12-10-8-6-4-2/h5,7,11,13,17,19,23,25,29,31,33-34,36-37,41,43,47,49,66-68,70-73,75-76,78-80H,3-4,6,8-10,12,14-16,18,20-22,24,26-28,30,32,35,38-40,42,44-46,48,50-65H2,1-2H3,(H,74,77)/b7-5-,13-11-,19-17-,25-23-,31-29-,34-33-,37-36-,43-41-,49-47-. The first-order chi connectivity index (χ1) is 40.3. The van der Waals surface area contributed by atoms with E-state index >= 15 is 0 Å². The molecule has 82 heavy (non-hydrogen) atoms. The molecule has 0 bridgehead atoms. The Morgan fingerprint density at radius 1 is 0.427 bits per heavy atom. The highest BCUT2D eigenvalue weighted by Crippen LogP contribution is 2.23. The van der Waals surface area contributed by atoms with Gasteiger partial charge in [0, 0.05) is 6.42 Å². The molecule has 0 aromatic rings. The van der Waals surface area contributed by atoms with Crippen LogP contribution < -0.4 is 5.32 Å². The van der Waals surface area contributed by atoms with Crippen molar-refractivity contribution < 1.29 is 39.8 Å². The van der Waals surface area contributed by atoms with Crippen LogP contribution in [0.15, 0.2) is 109 Å². The van der Waals surface area contributed by atoms with Crippen LogP contribution in [0.5, 0.6) is 0 Å². The third-order valence-electron chi connectivity index (χ3n) is 15.6. The first kappa shape index (κ1) is 76.9. The maximum absolute atomic E-state index is 13.1. The number of rotatable bonds is 58. The Morgan fingerprint density at radius 2 is 0.756 bits per heavy atom. The fraction of sp³-hybridized carbons (Fsp3) is 0.740. The fourth-order valence-electron chi connectivity index (χ4n) is 10.3. The number of hydrogen-bond acceptors (Lipinski definition) is 8. The van der Waals surface area contributed by atoms with E-state index in [1.54, 1.807) is 0 Å². The zero-order chi connectivity index (χ0) is 59.3. The Morgan fingerprint density at radius 3 is 1.12 bits per heavy atom. The van der Waals surface area contributed by atoms with Crippen molar-refractivity contribution in [3.63, 3.8) is 0 Å². The molecule has 1 aliphatic rings. The molecule has 6 N–H and O–H groups in total. The average Bonchev–Trinajstić information content (AvgIpc) is 3.57. The summed E-state index contributed by atoms with van der Waals surface area (Å²) in [5.74, 6) is -0.164. The molecule has 1 aliphatic heterocycles. The first-order valence-corrected chi connectivity index (χ1v) is 34.1. The molecule has 7 unspecified atom stereocenters. The van der Waals surface area contributed by atoms with E-state index in [-0.39, 0.29) is 12.5 Å². The summed E-state index contributed by atoms with van der Waals surface area (Å²) in [6.45, 7) is 3.74. The van der Waals surface area contributed by atoms with Gasteiger partial charge in [0.2, 0.25) is 5.91 Å². The molecule has 1 saturated heterocycles. The molecule has 0 saturated carbocycles. The maximum atomic E-state index is 13.1. The minimum atomic E-state index is -1.57. The summed E-state index contributed by atoms with van der Waals surface area (Å²) in [6.07, 6.45) is 82.8. The molecule has 0 aromatic carbocycles. The Labute approximate surface area is 504 Å². The van der Waals surface area contributed by atoms with Gasteiger partial charge in [0.05, 0.1) is 25.4 Å². The number of hydrogen-bond donors (Lipinski definition) is 6. The molecule has 1 amide bonds. The molecule has 472 valence electrons. The molecule has 1 rings (SSSR count). The third-order valence-corrected chi connectivity index (χ3v) is 15.6. The molecule has 1 fully saturated rings. The van der Waals surface area contributed by atoms with Crippen LogP contribution in [0.3, 0.4) is 0 Å². The normalized spacial score (nSPS) is 19.0. The van der Waals surface area contributed by atoms with Gasteiger partial charge >= 0.3 is 0 Å². The van der Waals surface area contributed by atoms with Gasteiger partial charge in [-0.1, -0.05) is 309 Å². The molecule has 0 aliphatic carbocycles. The first-order valence-electron chi connectivity index (χ1n) is 34.1. The van der Waals surface area contributed by atoms with Gasteiger partial charge in [0.25, 0.3) is 0 Å². The Balaban J connectivity index is 2.18. The third kappa shape index (κ3) is 49.1. The van der Waals surface area contributed by atoms with Gasteiger partial charge in [0.1, 0.15) is 24.4 Å². The number of allylic oxidation sites excluding steroid dienone is 18. The summed E-state index contributed by atoms with van der Waals surface area (Å²) in [6, 6.07) is -0.740. The van der Waals surface area contributed by atoms with Crippen molar-refractivity contribution >= 4 is 5.91 Å². The van der Waals surface area contributed by atoms with Crippen LogP contribution >= 0.6 is 0 Å². The van der Waals surface area contributed by atoms with E-state index < -0.39 is 49.5 Å². The van der Waals surface area contributed by atoms with E-state index in [1.807, 2.05) is 0 Å². The second-order valence-corrected chi connectivity index (χ2v) is 23.2. The predicted molar refractivity (Wildman–Crippen MR) is 350 cm³/mol. The average molecular weight is 1150 g/mol. The van der Waals surface area contributed by atoms with E-state index in [2.05, 4.69) is 129 Å². The minimum Gasteiger partial charge on any atom is -0.394 e. The van der Waals surface area contributed by atoms with E-state index in [0.29, 0.717) is 12.8 Å². The van der Waals surface area contributed by atoms with Crippen LogP contribution in [0, 0.1) is 0 Å². The largest absolute Gasteiger partial charge is 0.394 e. The Hall–Kier alpha value is -3.15. The van der Waals surface area contributed by atoms with Crippen LogP contribution in [0.25, 0.3) is 0 Å².